The van der Waals surface area contributed by atoms with Gasteiger partial charge in [-0.1, -0.05) is 0 Å². The van der Waals surface area contributed by atoms with Crippen molar-refractivity contribution in [2.75, 3.05) is 23.9 Å². The van der Waals surface area contributed by atoms with Crippen molar-refractivity contribution < 1.29 is 9.53 Å². The normalized spacial score (nSPS) is 10.2. The van der Waals surface area contributed by atoms with Crippen LogP contribution in [0.3, 0.4) is 0 Å². The van der Waals surface area contributed by atoms with Gasteiger partial charge >= 0.3 is 5.97 Å². The van der Waals surface area contributed by atoms with Gasteiger partial charge in [-0.05, 0) is 55.6 Å². The molecule has 0 aliphatic rings. The van der Waals surface area contributed by atoms with Crippen molar-refractivity contribution in [2.24, 2.45) is 0 Å². The van der Waals surface area contributed by atoms with Crippen LogP contribution in [-0.4, -0.2) is 18.8 Å². The Bertz CT molecular complexity index is 627. The lowest BCUT2D eigenvalue weighted by molar-refractivity contribution is 0.0526. The SMILES string of the molecule is CCOC(=O)c1ccc(Nc2ccc(SC)cc2)c(N)c1. The second kappa shape index (κ2) is 7.04. The van der Waals surface area contributed by atoms with Crippen molar-refractivity contribution >= 4 is 34.8 Å². The maximum absolute atomic E-state index is 11.6. The summed E-state index contributed by atoms with van der Waals surface area (Å²) >= 11 is 1.69. The molecule has 2 aromatic carbocycles. The number of hydrogen-bond acceptors (Lipinski definition) is 5. The number of carbonyl (C=O) groups excluding carboxylic acids is 1. The highest BCUT2D eigenvalue weighted by atomic mass is 32.2. The third kappa shape index (κ3) is 3.92. The van der Waals surface area contributed by atoms with E-state index in [1.54, 1.807) is 36.9 Å². The molecule has 0 spiro atoms. The summed E-state index contributed by atoms with van der Waals surface area (Å²) in [6, 6.07) is 13.2. The van der Waals surface area contributed by atoms with Gasteiger partial charge in [-0.15, -0.1) is 11.8 Å². The van der Waals surface area contributed by atoms with Crippen LogP contribution in [0.1, 0.15) is 17.3 Å². The smallest absolute Gasteiger partial charge is 0.338 e. The molecule has 0 fully saturated rings. The minimum absolute atomic E-state index is 0.348. The molecule has 0 aliphatic heterocycles. The second-order valence-electron chi connectivity index (χ2n) is 4.38. The minimum Gasteiger partial charge on any atom is -0.462 e. The molecule has 0 unspecified atom stereocenters. The number of thioether (sulfide) groups is 1. The number of benzene rings is 2. The van der Waals surface area contributed by atoms with Crippen LogP contribution in [-0.2, 0) is 4.74 Å². The average molecular weight is 302 g/mol. The zero-order valence-electron chi connectivity index (χ0n) is 12.1. The Morgan fingerprint density at radius 1 is 1.24 bits per heavy atom. The van der Waals surface area contributed by atoms with E-state index in [0.29, 0.717) is 17.9 Å². The summed E-state index contributed by atoms with van der Waals surface area (Å²) in [6.07, 6.45) is 2.04. The largest absolute Gasteiger partial charge is 0.462 e. The third-order valence-corrected chi connectivity index (χ3v) is 3.68. The average Bonchev–Trinajstić information content (AvgIpc) is 2.50. The van der Waals surface area contributed by atoms with E-state index in [9.17, 15) is 4.79 Å². The van der Waals surface area contributed by atoms with Crippen LogP contribution < -0.4 is 11.1 Å². The summed E-state index contributed by atoms with van der Waals surface area (Å²) in [7, 11) is 0. The Balaban J connectivity index is 2.15. The lowest BCUT2D eigenvalue weighted by atomic mass is 10.1. The predicted molar refractivity (Wildman–Crippen MR) is 88.3 cm³/mol. The van der Waals surface area contributed by atoms with Gasteiger partial charge in [0.2, 0.25) is 0 Å². The fraction of sp³-hybridized carbons (Fsp3) is 0.188. The molecule has 4 nitrogen and oxygen atoms in total. The van der Waals surface area contributed by atoms with E-state index in [1.165, 1.54) is 4.90 Å². The Labute approximate surface area is 128 Å². The number of hydrogen-bond donors (Lipinski definition) is 2. The maximum Gasteiger partial charge on any atom is 0.338 e. The molecule has 110 valence electrons. The second-order valence-corrected chi connectivity index (χ2v) is 5.26. The van der Waals surface area contributed by atoms with Gasteiger partial charge in [-0.2, -0.15) is 0 Å². The van der Waals surface area contributed by atoms with E-state index in [1.807, 2.05) is 30.5 Å². The number of carbonyl (C=O) groups is 1. The molecule has 2 rings (SSSR count). The van der Waals surface area contributed by atoms with E-state index < -0.39 is 0 Å². The molecule has 3 N–H and O–H groups in total. The minimum atomic E-state index is -0.361. The maximum atomic E-state index is 11.6. The Morgan fingerprint density at radius 2 is 1.95 bits per heavy atom. The summed E-state index contributed by atoms with van der Waals surface area (Å²) < 4.78 is 4.95. The van der Waals surface area contributed by atoms with Crippen molar-refractivity contribution in [3.63, 3.8) is 0 Å². The molecule has 0 amide bonds. The Hall–Kier alpha value is -2.14. The molecule has 0 saturated carbocycles. The monoisotopic (exact) mass is 302 g/mol. The van der Waals surface area contributed by atoms with E-state index in [-0.39, 0.29) is 5.97 Å². The van der Waals surface area contributed by atoms with Gasteiger partial charge in [0.05, 0.1) is 23.5 Å². The first-order chi connectivity index (χ1) is 10.1. The molecule has 0 aliphatic carbocycles. The van der Waals surface area contributed by atoms with Gasteiger partial charge in [0.25, 0.3) is 0 Å². The van der Waals surface area contributed by atoms with Gasteiger partial charge in [-0.3, -0.25) is 0 Å². The van der Waals surface area contributed by atoms with E-state index in [2.05, 4.69) is 5.32 Å². The summed E-state index contributed by atoms with van der Waals surface area (Å²) in [5, 5.41) is 3.24. The molecule has 0 aromatic heterocycles. The standard InChI is InChI=1S/C16H18N2O2S/c1-3-20-16(19)11-4-9-15(14(17)10-11)18-12-5-7-13(21-2)8-6-12/h4-10,18H,3,17H2,1-2H3. The van der Waals surface area contributed by atoms with Crippen LogP contribution in [0.25, 0.3) is 0 Å². The number of esters is 1. The fourth-order valence-corrected chi connectivity index (χ4v) is 2.26. The third-order valence-electron chi connectivity index (χ3n) is 2.93. The first-order valence-electron chi connectivity index (χ1n) is 6.61. The Kier molecular flexibility index (Phi) is 5.11. The topological polar surface area (TPSA) is 64.3 Å². The lowest BCUT2D eigenvalue weighted by Gasteiger charge is -2.11. The van der Waals surface area contributed by atoms with Gasteiger partial charge in [0.15, 0.2) is 0 Å². The zero-order chi connectivity index (χ0) is 15.2. The number of nitrogens with one attached hydrogen (secondary N) is 1. The summed E-state index contributed by atoms with van der Waals surface area (Å²) in [5.41, 5.74) is 8.66. The van der Waals surface area contributed by atoms with Crippen molar-refractivity contribution in [3.05, 3.63) is 48.0 Å². The Morgan fingerprint density at radius 3 is 2.52 bits per heavy atom. The molecule has 0 saturated heterocycles. The van der Waals surface area contributed by atoms with Crippen LogP contribution in [0, 0.1) is 0 Å². The summed E-state index contributed by atoms with van der Waals surface area (Å²) in [6.45, 7) is 2.12. The van der Waals surface area contributed by atoms with Crippen molar-refractivity contribution in [3.8, 4) is 0 Å². The lowest BCUT2D eigenvalue weighted by Crippen LogP contribution is -2.06. The van der Waals surface area contributed by atoms with Gasteiger partial charge in [0, 0.05) is 10.6 Å². The van der Waals surface area contributed by atoms with Crippen molar-refractivity contribution in [1.82, 2.24) is 0 Å². The molecule has 0 heterocycles. The molecule has 2 aromatic rings. The van der Waals surface area contributed by atoms with Gasteiger partial charge in [0.1, 0.15) is 0 Å². The van der Waals surface area contributed by atoms with E-state index >= 15 is 0 Å². The van der Waals surface area contributed by atoms with Crippen molar-refractivity contribution in [2.45, 2.75) is 11.8 Å². The quantitative estimate of drug-likeness (QED) is 0.498. The van der Waals surface area contributed by atoms with Crippen LogP contribution >= 0.6 is 11.8 Å². The van der Waals surface area contributed by atoms with Crippen LogP contribution in [0.4, 0.5) is 17.1 Å². The molecule has 0 radical (unpaired) electrons. The summed E-state index contributed by atoms with van der Waals surface area (Å²) in [4.78, 5) is 12.8. The molecule has 5 heteroatoms. The number of nitrogens with two attached hydrogens (primary N) is 1. The molecule has 21 heavy (non-hydrogen) atoms. The molecule has 0 bridgehead atoms. The molecular weight excluding hydrogens is 284 g/mol. The number of ether oxygens (including phenoxy) is 1. The zero-order valence-corrected chi connectivity index (χ0v) is 12.9. The number of nitrogen functional groups attached to an aromatic ring is 1. The molecule has 0 atom stereocenters. The highest BCUT2D eigenvalue weighted by molar-refractivity contribution is 7.98. The van der Waals surface area contributed by atoms with E-state index in [0.717, 1.165) is 11.4 Å². The first-order valence-corrected chi connectivity index (χ1v) is 7.84. The van der Waals surface area contributed by atoms with Crippen LogP contribution in [0.2, 0.25) is 0 Å². The van der Waals surface area contributed by atoms with Gasteiger partial charge < -0.3 is 15.8 Å². The number of anilines is 3. The van der Waals surface area contributed by atoms with E-state index in [4.69, 9.17) is 10.5 Å². The fourth-order valence-electron chi connectivity index (χ4n) is 1.85. The highest BCUT2D eigenvalue weighted by Crippen LogP contribution is 2.26. The highest BCUT2D eigenvalue weighted by Gasteiger charge is 2.09. The number of rotatable bonds is 5. The first kappa shape index (κ1) is 15.3. The van der Waals surface area contributed by atoms with Crippen LogP contribution in [0.5, 0.6) is 0 Å². The van der Waals surface area contributed by atoms with Crippen molar-refractivity contribution in [1.29, 1.82) is 0 Å². The summed E-state index contributed by atoms with van der Waals surface area (Å²) in [5.74, 6) is -0.361. The van der Waals surface area contributed by atoms with Gasteiger partial charge in [-0.25, -0.2) is 4.79 Å². The predicted octanol–water partition coefficient (Wildman–Crippen LogP) is 3.91. The molecular formula is C16H18N2O2S. The van der Waals surface area contributed by atoms with Crippen LogP contribution in [0.15, 0.2) is 47.4 Å².